The first-order valence-corrected chi connectivity index (χ1v) is 16.1. The van der Waals surface area contributed by atoms with Crippen LogP contribution in [0, 0.1) is 0 Å². The number of cyclic esters (lactones) is 1. The second-order valence-corrected chi connectivity index (χ2v) is 13.3. The molecule has 1 amide bonds. The van der Waals surface area contributed by atoms with E-state index in [2.05, 4.69) is 28.4 Å². The van der Waals surface area contributed by atoms with Crippen molar-refractivity contribution in [3.8, 4) is 11.5 Å². The number of hydrogen-bond acceptors (Lipinski definition) is 9. The van der Waals surface area contributed by atoms with Crippen molar-refractivity contribution in [1.82, 2.24) is 10.2 Å². The number of fused-ring (bicyclic) bond motifs is 2. The van der Waals surface area contributed by atoms with E-state index in [0.29, 0.717) is 22.0 Å². The lowest BCUT2D eigenvalue weighted by Crippen LogP contribution is -2.32. The van der Waals surface area contributed by atoms with Crippen LogP contribution in [0.1, 0.15) is 35.1 Å². The minimum atomic E-state index is -2.89. The molecule has 4 aliphatic heterocycles. The van der Waals surface area contributed by atoms with Gasteiger partial charge in [-0.25, -0.2) is 14.4 Å². The molecule has 10 nitrogen and oxygen atoms in total. The normalized spacial score (nSPS) is 21.1. The molecule has 4 aliphatic rings. The van der Waals surface area contributed by atoms with Crippen molar-refractivity contribution in [3.63, 3.8) is 0 Å². The smallest absolute Gasteiger partial charge is 0.442 e. The molecule has 44 heavy (non-hydrogen) atoms. The lowest BCUT2D eigenvalue weighted by Gasteiger charge is -2.34. The summed E-state index contributed by atoms with van der Waals surface area (Å²) in [6, 6.07) is 21.0. The molecule has 0 aliphatic carbocycles. The summed E-state index contributed by atoms with van der Waals surface area (Å²) < 4.78 is 28.4. The highest BCUT2D eigenvalue weighted by molar-refractivity contribution is 8.35. The summed E-state index contributed by atoms with van der Waals surface area (Å²) in [5, 5.41) is 2.69. The zero-order valence-corrected chi connectivity index (χ0v) is 25.0. The number of benzene rings is 3. The van der Waals surface area contributed by atoms with Crippen LogP contribution in [0.25, 0.3) is 10.5 Å². The Morgan fingerprint density at radius 2 is 1.70 bits per heavy atom. The van der Waals surface area contributed by atoms with E-state index in [1.165, 1.54) is 12.8 Å². The van der Waals surface area contributed by atoms with E-state index in [1.54, 1.807) is 7.11 Å². The van der Waals surface area contributed by atoms with Gasteiger partial charge in [-0.1, -0.05) is 40.9 Å². The van der Waals surface area contributed by atoms with Gasteiger partial charge in [-0.05, 0) is 73.5 Å². The molecule has 1 unspecified atom stereocenters. The van der Waals surface area contributed by atoms with Crippen LogP contribution in [-0.2, 0) is 35.7 Å². The first kappa shape index (κ1) is 28.3. The Morgan fingerprint density at radius 1 is 0.955 bits per heavy atom. The summed E-state index contributed by atoms with van der Waals surface area (Å²) in [5.74, 6) is -0.575. The standard InChI is InChI=1S/C33H32N2O8S/c1-39-28-17-21(8-9-23(28)18-35-14-4-5-15-35)16-27-26-6-2-3-7-29(26)44(42-31(36)32(37)43-44)30(27)22-10-12-25(13-11-22)40-19-24-20-41-33(38)34-24/h2-3,6-13,17,24H,4-5,14-16,18-20H2,1H3,(H,34,38). The first-order chi connectivity index (χ1) is 21.4. The molecule has 4 heterocycles. The number of nitrogens with zero attached hydrogens (tertiary/aromatic N) is 1. The fourth-order valence-corrected chi connectivity index (χ4v) is 9.01. The third-order valence-corrected chi connectivity index (χ3v) is 11.0. The second kappa shape index (κ2) is 11.5. The van der Waals surface area contributed by atoms with Crippen LogP contribution >= 0.6 is 10.6 Å². The highest BCUT2D eigenvalue weighted by Crippen LogP contribution is 2.76. The van der Waals surface area contributed by atoms with Crippen LogP contribution in [-0.4, -0.2) is 62.4 Å². The zero-order valence-electron chi connectivity index (χ0n) is 24.2. The van der Waals surface area contributed by atoms with E-state index >= 15 is 0 Å². The average Bonchev–Trinajstić information content (AvgIpc) is 3.82. The van der Waals surface area contributed by atoms with Gasteiger partial charge in [0, 0.05) is 29.7 Å². The van der Waals surface area contributed by atoms with Crippen molar-refractivity contribution in [2.75, 3.05) is 33.4 Å². The number of hydrogen-bond donors (Lipinski definition) is 1. The predicted molar refractivity (Wildman–Crippen MR) is 163 cm³/mol. The number of allylic oxidation sites excluding steroid dienone is 1. The fraction of sp³-hybridized carbons (Fsp3) is 0.303. The lowest BCUT2D eigenvalue weighted by molar-refractivity contribution is -0.150. The lowest BCUT2D eigenvalue weighted by atomic mass is 9.95. The van der Waals surface area contributed by atoms with Crippen molar-refractivity contribution in [2.45, 2.75) is 36.7 Å². The molecule has 0 saturated carbocycles. The average molecular weight is 617 g/mol. The molecular weight excluding hydrogens is 584 g/mol. The number of carbonyl (C=O) groups is 3. The van der Waals surface area contributed by atoms with Crippen molar-refractivity contribution >= 4 is 39.1 Å². The number of methoxy groups -OCH3 is 1. The predicted octanol–water partition coefficient (Wildman–Crippen LogP) is 5.00. The summed E-state index contributed by atoms with van der Waals surface area (Å²) in [6.45, 7) is 3.53. The largest absolute Gasteiger partial charge is 0.496 e. The number of ether oxygens (including phenoxy) is 3. The maximum atomic E-state index is 12.6. The van der Waals surface area contributed by atoms with E-state index in [9.17, 15) is 14.4 Å². The minimum Gasteiger partial charge on any atom is -0.496 e. The maximum absolute atomic E-state index is 12.6. The Kier molecular flexibility index (Phi) is 7.43. The molecule has 3 saturated heterocycles. The van der Waals surface area contributed by atoms with Crippen LogP contribution < -0.4 is 14.8 Å². The molecule has 11 heteroatoms. The third kappa shape index (κ3) is 5.16. The van der Waals surface area contributed by atoms with E-state index in [4.69, 9.17) is 22.6 Å². The molecule has 1 spiro atoms. The van der Waals surface area contributed by atoms with Gasteiger partial charge in [-0.2, -0.15) is 0 Å². The number of nitrogens with one attached hydrogen (secondary N) is 1. The highest BCUT2D eigenvalue weighted by Gasteiger charge is 2.52. The van der Waals surface area contributed by atoms with Crippen LogP contribution in [0.3, 0.4) is 0 Å². The van der Waals surface area contributed by atoms with Crippen LogP contribution in [0.4, 0.5) is 4.79 Å². The van der Waals surface area contributed by atoms with E-state index in [0.717, 1.165) is 53.2 Å². The Bertz CT molecular complexity index is 1650. The van der Waals surface area contributed by atoms with E-state index in [-0.39, 0.29) is 19.3 Å². The monoisotopic (exact) mass is 616 g/mol. The molecule has 0 aromatic heterocycles. The second-order valence-electron chi connectivity index (χ2n) is 11.1. The van der Waals surface area contributed by atoms with Gasteiger partial charge in [0.25, 0.3) is 0 Å². The van der Waals surface area contributed by atoms with Gasteiger partial charge in [0.05, 0.1) is 16.9 Å². The minimum absolute atomic E-state index is 0.232. The molecule has 1 atom stereocenters. The molecule has 228 valence electrons. The van der Waals surface area contributed by atoms with Crippen LogP contribution in [0.5, 0.6) is 11.5 Å². The number of alkyl carbamates (subject to hydrolysis) is 1. The van der Waals surface area contributed by atoms with E-state index in [1.807, 2.05) is 48.5 Å². The van der Waals surface area contributed by atoms with Gasteiger partial charge in [0.15, 0.2) is 0 Å². The van der Waals surface area contributed by atoms with Gasteiger partial charge in [0.2, 0.25) is 0 Å². The summed E-state index contributed by atoms with van der Waals surface area (Å²) in [5.41, 5.74) is 4.68. The summed E-state index contributed by atoms with van der Waals surface area (Å²) >= 11 is 0. The number of carbonyl (C=O) groups excluding carboxylic acids is 3. The SMILES string of the molecule is COc1cc(CC2=C(c3ccc(OCC4COC(=O)N4)cc3)S3(OC(=O)C(=O)O3)c3ccccc32)ccc1CN1CCCC1. The Balaban J connectivity index is 1.25. The van der Waals surface area contributed by atoms with Gasteiger partial charge < -0.3 is 27.9 Å². The molecular formula is C33H32N2O8S. The number of amides is 1. The quantitative estimate of drug-likeness (QED) is 0.332. The van der Waals surface area contributed by atoms with Gasteiger partial charge in [0.1, 0.15) is 30.8 Å². The third-order valence-electron chi connectivity index (χ3n) is 8.23. The summed E-state index contributed by atoms with van der Waals surface area (Å²) in [7, 11) is -1.20. The molecule has 0 bridgehead atoms. The topological polar surface area (TPSA) is 113 Å². The first-order valence-electron chi connectivity index (χ1n) is 14.6. The van der Waals surface area contributed by atoms with E-state index < -0.39 is 28.6 Å². The highest BCUT2D eigenvalue weighted by atomic mass is 32.3. The maximum Gasteiger partial charge on any atom is 0.442 e. The van der Waals surface area contributed by atoms with Crippen molar-refractivity contribution in [1.29, 1.82) is 0 Å². The van der Waals surface area contributed by atoms with Gasteiger partial charge >= 0.3 is 18.0 Å². The van der Waals surface area contributed by atoms with Crippen LogP contribution in [0.2, 0.25) is 0 Å². The van der Waals surface area contributed by atoms with Gasteiger partial charge in [-0.3, -0.25) is 4.90 Å². The van der Waals surface area contributed by atoms with Crippen LogP contribution in [0.15, 0.2) is 71.6 Å². The van der Waals surface area contributed by atoms with Gasteiger partial charge in [-0.15, -0.1) is 0 Å². The fourth-order valence-electron chi connectivity index (χ4n) is 6.15. The number of rotatable bonds is 9. The Labute approximate surface area is 256 Å². The molecule has 7 rings (SSSR count). The molecule has 3 fully saturated rings. The Hall–Kier alpha value is -4.48. The van der Waals surface area contributed by atoms with Crippen molar-refractivity contribution < 1.29 is 37.0 Å². The summed E-state index contributed by atoms with van der Waals surface area (Å²) in [4.78, 5) is 40.2. The molecule has 0 radical (unpaired) electrons. The van der Waals surface area contributed by atoms with Crippen molar-refractivity contribution in [2.24, 2.45) is 0 Å². The Morgan fingerprint density at radius 3 is 2.41 bits per heavy atom. The molecule has 3 aromatic rings. The van der Waals surface area contributed by atoms with Crippen molar-refractivity contribution in [3.05, 3.63) is 89.0 Å². The molecule has 3 aromatic carbocycles. The number of likely N-dealkylation sites (tertiary alicyclic amines) is 1. The molecule has 1 N–H and O–H groups in total. The summed E-state index contributed by atoms with van der Waals surface area (Å²) in [6.07, 6.45) is 2.48. The zero-order chi connectivity index (χ0) is 30.3.